The first-order valence-electron chi connectivity index (χ1n) is 4.13. The van der Waals surface area contributed by atoms with Crippen molar-refractivity contribution < 1.29 is 0 Å². The number of nitrogens with one attached hydrogen (secondary N) is 1. The Kier molecular flexibility index (Phi) is 2.14. The summed E-state index contributed by atoms with van der Waals surface area (Å²) in [5.74, 6) is 0. The smallest absolute Gasteiger partial charge is 0.0420 e. The Morgan fingerprint density at radius 3 is 3.00 bits per heavy atom. The zero-order chi connectivity index (χ0) is 7.68. The van der Waals surface area contributed by atoms with E-state index >= 15 is 0 Å². The van der Waals surface area contributed by atoms with Crippen LogP contribution in [0.25, 0.3) is 0 Å². The van der Waals surface area contributed by atoms with Gasteiger partial charge < -0.3 is 5.32 Å². The summed E-state index contributed by atoms with van der Waals surface area (Å²) in [4.78, 5) is 0. The highest BCUT2D eigenvalue weighted by Crippen LogP contribution is 2.24. The molecular formula is C9H12BrN. The Bertz CT molecular complexity index is 208. The molecule has 11 heavy (non-hydrogen) atoms. The van der Waals surface area contributed by atoms with E-state index in [0.717, 1.165) is 6.42 Å². The van der Waals surface area contributed by atoms with Gasteiger partial charge in [-0.05, 0) is 19.3 Å². The third kappa shape index (κ3) is 1.57. The van der Waals surface area contributed by atoms with Gasteiger partial charge in [0, 0.05) is 16.6 Å². The molecule has 1 nitrogen and oxygen atoms in total. The summed E-state index contributed by atoms with van der Waals surface area (Å²) in [6.07, 6.45) is 10.4. The topological polar surface area (TPSA) is 12.0 Å². The molecule has 2 heterocycles. The number of halogens is 1. The largest absolute Gasteiger partial charge is 0.306 e. The molecule has 2 atom stereocenters. The predicted octanol–water partition coefficient (Wildman–Crippen LogP) is 2.35. The van der Waals surface area contributed by atoms with Gasteiger partial charge in [0.05, 0.1) is 0 Å². The van der Waals surface area contributed by atoms with E-state index < -0.39 is 0 Å². The monoisotopic (exact) mass is 213 g/mol. The Morgan fingerprint density at radius 2 is 2.09 bits per heavy atom. The van der Waals surface area contributed by atoms with Crippen molar-refractivity contribution in [1.82, 2.24) is 5.32 Å². The Balaban J connectivity index is 2.19. The maximum absolute atomic E-state index is 3.59. The minimum atomic E-state index is 0.549. The fourth-order valence-corrected chi connectivity index (χ4v) is 2.17. The molecular weight excluding hydrogens is 202 g/mol. The molecule has 1 N–H and O–H groups in total. The normalized spacial score (nSPS) is 36.3. The van der Waals surface area contributed by atoms with Gasteiger partial charge in [-0.1, -0.05) is 34.2 Å². The number of hydrogen-bond donors (Lipinski definition) is 1. The second-order valence-corrected chi connectivity index (χ2v) is 4.10. The molecule has 0 saturated carbocycles. The first-order valence-corrected chi connectivity index (χ1v) is 4.92. The molecule has 0 spiro atoms. The summed E-state index contributed by atoms with van der Waals surface area (Å²) in [7, 11) is 0. The molecule has 2 rings (SSSR count). The van der Waals surface area contributed by atoms with Gasteiger partial charge >= 0.3 is 0 Å². The summed E-state index contributed by atoms with van der Waals surface area (Å²) >= 11 is 3.58. The van der Waals surface area contributed by atoms with Gasteiger partial charge in [-0.15, -0.1) is 0 Å². The minimum absolute atomic E-state index is 0.549. The summed E-state index contributed by atoms with van der Waals surface area (Å²) < 4.78 is 1.33. The van der Waals surface area contributed by atoms with Crippen LogP contribution in [0.2, 0.25) is 0 Å². The van der Waals surface area contributed by atoms with Gasteiger partial charge in [0.2, 0.25) is 0 Å². The van der Waals surface area contributed by atoms with Crippen molar-refractivity contribution >= 4 is 15.9 Å². The van der Waals surface area contributed by atoms with Crippen LogP contribution in [0.15, 0.2) is 22.7 Å². The lowest BCUT2D eigenvalue weighted by atomic mass is 10.0. The highest BCUT2D eigenvalue weighted by atomic mass is 79.9. The molecule has 2 aliphatic heterocycles. The summed E-state index contributed by atoms with van der Waals surface area (Å²) in [6, 6.07) is 1.23. The molecule has 0 saturated heterocycles. The molecule has 2 heteroatoms. The van der Waals surface area contributed by atoms with Crippen LogP contribution in [0.4, 0.5) is 0 Å². The van der Waals surface area contributed by atoms with Gasteiger partial charge in [-0.2, -0.15) is 0 Å². The predicted molar refractivity (Wildman–Crippen MR) is 50.7 cm³/mol. The van der Waals surface area contributed by atoms with Crippen LogP contribution < -0.4 is 5.32 Å². The SMILES string of the molecule is BrC1=CC[C@@H]2CC=CC[C@H]1N2. The van der Waals surface area contributed by atoms with Crippen molar-refractivity contribution in [1.29, 1.82) is 0 Å². The molecule has 0 aliphatic carbocycles. The zero-order valence-electron chi connectivity index (χ0n) is 6.39. The Morgan fingerprint density at radius 1 is 1.27 bits per heavy atom. The van der Waals surface area contributed by atoms with E-state index in [2.05, 4.69) is 39.5 Å². The molecule has 0 amide bonds. The molecule has 0 aromatic rings. The molecule has 0 unspecified atom stereocenters. The van der Waals surface area contributed by atoms with Crippen molar-refractivity contribution in [2.24, 2.45) is 0 Å². The van der Waals surface area contributed by atoms with E-state index in [-0.39, 0.29) is 0 Å². The third-order valence-electron chi connectivity index (χ3n) is 2.33. The maximum Gasteiger partial charge on any atom is 0.0420 e. The van der Waals surface area contributed by atoms with E-state index in [1.54, 1.807) is 0 Å². The van der Waals surface area contributed by atoms with Crippen LogP contribution in [0.3, 0.4) is 0 Å². The summed E-state index contributed by atoms with van der Waals surface area (Å²) in [5.41, 5.74) is 0. The van der Waals surface area contributed by atoms with E-state index in [0.29, 0.717) is 12.1 Å². The summed E-state index contributed by atoms with van der Waals surface area (Å²) in [5, 5.41) is 3.59. The van der Waals surface area contributed by atoms with Crippen LogP contribution in [-0.4, -0.2) is 12.1 Å². The Labute approximate surface area is 75.7 Å². The fraction of sp³-hybridized carbons (Fsp3) is 0.556. The van der Waals surface area contributed by atoms with Crippen LogP contribution in [-0.2, 0) is 0 Å². The van der Waals surface area contributed by atoms with E-state index in [9.17, 15) is 0 Å². The molecule has 0 aromatic carbocycles. The lowest BCUT2D eigenvalue weighted by Gasteiger charge is -2.26. The van der Waals surface area contributed by atoms with E-state index in [1.807, 2.05) is 0 Å². The third-order valence-corrected chi connectivity index (χ3v) is 3.20. The highest BCUT2D eigenvalue weighted by Gasteiger charge is 2.21. The first kappa shape index (κ1) is 7.56. The minimum Gasteiger partial charge on any atom is -0.306 e. The van der Waals surface area contributed by atoms with Crippen LogP contribution in [0.5, 0.6) is 0 Å². The average Bonchev–Trinajstić information content (AvgIpc) is 2.21. The lowest BCUT2D eigenvalue weighted by molar-refractivity contribution is 0.463. The van der Waals surface area contributed by atoms with E-state index in [4.69, 9.17) is 0 Å². The van der Waals surface area contributed by atoms with Gasteiger partial charge in [-0.3, -0.25) is 0 Å². The van der Waals surface area contributed by atoms with Gasteiger partial charge in [-0.25, -0.2) is 0 Å². The first-order chi connectivity index (χ1) is 5.36. The second kappa shape index (κ2) is 3.11. The molecule has 2 aliphatic rings. The molecule has 60 valence electrons. The van der Waals surface area contributed by atoms with Crippen molar-refractivity contribution in [3.05, 3.63) is 22.7 Å². The lowest BCUT2D eigenvalue weighted by Crippen LogP contribution is -2.39. The van der Waals surface area contributed by atoms with Crippen molar-refractivity contribution in [3.8, 4) is 0 Å². The van der Waals surface area contributed by atoms with Crippen LogP contribution >= 0.6 is 15.9 Å². The van der Waals surface area contributed by atoms with Crippen molar-refractivity contribution in [2.45, 2.75) is 31.3 Å². The van der Waals surface area contributed by atoms with Gasteiger partial charge in [0.25, 0.3) is 0 Å². The van der Waals surface area contributed by atoms with Crippen molar-refractivity contribution in [3.63, 3.8) is 0 Å². The highest BCUT2D eigenvalue weighted by molar-refractivity contribution is 9.11. The standard InChI is InChI=1S/C9H12BrN/c10-8-6-5-7-3-1-2-4-9(8)11-7/h1-2,6-7,9,11H,3-5H2/t7-,9+/m0/s1. The van der Waals surface area contributed by atoms with E-state index in [1.165, 1.54) is 17.3 Å². The molecule has 0 radical (unpaired) electrons. The molecule has 0 fully saturated rings. The van der Waals surface area contributed by atoms with Gasteiger partial charge in [0.15, 0.2) is 0 Å². The Hall–Kier alpha value is -0.0800. The van der Waals surface area contributed by atoms with Gasteiger partial charge in [0.1, 0.15) is 0 Å². The van der Waals surface area contributed by atoms with Crippen molar-refractivity contribution in [2.75, 3.05) is 0 Å². The summed E-state index contributed by atoms with van der Waals surface area (Å²) in [6.45, 7) is 0. The molecule has 2 bridgehead atoms. The van der Waals surface area contributed by atoms with Crippen LogP contribution in [0.1, 0.15) is 19.3 Å². The van der Waals surface area contributed by atoms with Crippen LogP contribution in [0, 0.1) is 0 Å². The number of fused-ring (bicyclic) bond motifs is 2. The number of hydrogen-bond acceptors (Lipinski definition) is 1. The fourth-order valence-electron chi connectivity index (χ4n) is 1.67. The molecule has 0 aromatic heterocycles. The number of rotatable bonds is 0. The average molecular weight is 214 g/mol. The second-order valence-electron chi connectivity index (χ2n) is 3.18. The maximum atomic E-state index is 3.59. The zero-order valence-corrected chi connectivity index (χ0v) is 7.97. The quantitative estimate of drug-likeness (QED) is 0.610.